The van der Waals surface area contributed by atoms with Gasteiger partial charge in [0, 0.05) is 21.6 Å². The zero-order valence-electron chi connectivity index (χ0n) is 26.8. The third-order valence-corrected chi connectivity index (χ3v) is 8.60. The van der Waals surface area contributed by atoms with Crippen molar-refractivity contribution in [2.45, 2.75) is 84.0 Å². The molecule has 0 radical (unpaired) electrons. The predicted molar refractivity (Wildman–Crippen MR) is 186 cm³/mol. The normalized spacial score (nSPS) is 12.4. The highest BCUT2D eigenvalue weighted by atomic mass is 79.9. The molecule has 0 aliphatic rings. The fraction of sp³-hybridized carbons (Fsp3) is 0.350. The van der Waals surface area contributed by atoms with Crippen molar-refractivity contribution in [1.82, 2.24) is 0 Å². The van der Waals surface area contributed by atoms with Crippen LogP contribution in [0.1, 0.15) is 101 Å². The molecule has 0 aliphatic heterocycles. The SMILES string of the molecule is CC(C)(C)c1ccc(C(c2ccc(NCC#CBr)cc2)(c2ccc(C(C)(C)C)cc2)c2ccc(C(C)(C)C)cc2)cc1. The summed E-state index contributed by atoms with van der Waals surface area (Å²) < 4.78 is 0. The average molecular weight is 621 g/mol. The van der Waals surface area contributed by atoms with Crippen LogP contribution in [-0.4, -0.2) is 6.54 Å². The second-order valence-electron chi connectivity index (χ2n) is 14.4. The standard InChI is InChI=1S/C40H46BrN/c1-37(2,3)29-11-17-32(18-12-29)40(33-19-13-30(14-20-33)38(4,5)6,34-21-15-31(16-22-34)39(7,8)9)35-23-25-36(26-24-35)42-28-10-27-41/h11-26,42H,28H2,1-9H3. The molecule has 1 N–H and O–H groups in total. The van der Waals surface area contributed by atoms with Gasteiger partial charge in [-0.05, 0) is 72.2 Å². The second kappa shape index (κ2) is 12.1. The van der Waals surface area contributed by atoms with Gasteiger partial charge in [-0.2, -0.15) is 0 Å². The van der Waals surface area contributed by atoms with E-state index in [1.165, 1.54) is 38.9 Å². The van der Waals surface area contributed by atoms with Crippen molar-refractivity contribution in [2.24, 2.45) is 0 Å². The summed E-state index contributed by atoms with van der Waals surface area (Å²) in [5.41, 5.74) is 9.79. The van der Waals surface area contributed by atoms with Crippen LogP contribution in [0.5, 0.6) is 0 Å². The lowest BCUT2D eigenvalue weighted by atomic mass is 9.64. The summed E-state index contributed by atoms with van der Waals surface area (Å²) in [6, 6.07) is 36.8. The van der Waals surface area contributed by atoms with Crippen LogP contribution in [0.25, 0.3) is 0 Å². The molecule has 4 rings (SSSR count). The van der Waals surface area contributed by atoms with E-state index in [1.54, 1.807) is 0 Å². The minimum absolute atomic E-state index is 0.0786. The van der Waals surface area contributed by atoms with Crippen molar-refractivity contribution in [3.63, 3.8) is 0 Å². The molecule has 0 unspecified atom stereocenters. The lowest BCUT2D eigenvalue weighted by Crippen LogP contribution is -2.31. The van der Waals surface area contributed by atoms with Gasteiger partial charge in [-0.3, -0.25) is 0 Å². The smallest absolute Gasteiger partial charge is 0.0774 e. The number of nitrogens with one attached hydrogen (secondary N) is 1. The first-order chi connectivity index (χ1) is 19.7. The van der Waals surface area contributed by atoms with Crippen molar-refractivity contribution in [2.75, 3.05) is 11.9 Å². The number of benzene rings is 4. The maximum absolute atomic E-state index is 3.41. The second-order valence-corrected chi connectivity index (χ2v) is 14.8. The number of hydrogen-bond acceptors (Lipinski definition) is 1. The Kier molecular flexibility index (Phi) is 9.15. The summed E-state index contributed by atoms with van der Waals surface area (Å²) in [6.07, 6.45) is 0. The van der Waals surface area contributed by atoms with Crippen molar-refractivity contribution in [1.29, 1.82) is 0 Å². The van der Waals surface area contributed by atoms with Crippen LogP contribution in [0.4, 0.5) is 5.69 Å². The maximum Gasteiger partial charge on any atom is 0.0774 e. The molecule has 0 atom stereocenters. The number of rotatable bonds is 6. The van der Waals surface area contributed by atoms with Gasteiger partial charge in [0.25, 0.3) is 0 Å². The van der Waals surface area contributed by atoms with Gasteiger partial charge in [0.15, 0.2) is 0 Å². The Bertz CT molecular complexity index is 1390. The molecule has 0 aromatic heterocycles. The van der Waals surface area contributed by atoms with E-state index in [4.69, 9.17) is 0 Å². The van der Waals surface area contributed by atoms with E-state index in [-0.39, 0.29) is 16.2 Å². The Balaban J connectivity index is 2.03. The molecule has 0 fully saturated rings. The Morgan fingerprint density at radius 2 is 0.714 bits per heavy atom. The zero-order valence-corrected chi connectivity index (χ0v) is 28.4. The fourth-order valence-corrected chi connectivity index (χ4v) is 5.82. The van der Waals surface area contributed by atoms with E-state index >= 15 is 0 Å². The summed E-state index contributed by atoms with van der Waals surface area (Å²) in [6.45, 7) is 21.1. The van der Waals surface area contributed by atoms with Crippen molar-refractivity contribution >= 4 is 21.6 Å². The molecular formula is C40H46BrN. The molecule has 4 aromatic rings. The molecule has 0 saturated carbocycles. The third-order valence-electron chi connectivity index (χ3n) is 8.32. The van der Waals surface area contributed by atoms with Gasteiger partial charge >= 0.3 is 0 Å². The molecule has 0 aliphatic carbocycles. The highest BCUT2D eigenvalue weighted by molar-refractivity contribution is 9.12. The van der Waals surface area contributed by atoms with Gasteiger partial charge in [0.05, 0.1) is 12.0 Å². The third kappa shape index (κ3) is 6.68. The summed E-state index contributed by atoms with van der Waals surface area (Å²) >= 11 is 3.19. The van der Waals surface area contributed by atoms with Crippen LogP contribution in [0.2, 0.25) is 0 Å². The molecule has 0 saturated heterocycles. The zero-order chi connectivity index (χ0) is 30.8. The van der Waals surface area contributed by atoms with Gasteiger partial charge in [0.1, 0.15) is 0 Å². The number of halogens is 1. The van der Waals surface area contributed by atoms with Crippen LogP contribution in [-0.2, 0) is 21.7 Å². The molecule has 0 amide bonds. The first kappa shape index (κ1) is 31.7. The van der Waals surface area contributed by atoms with Crippen molar-refractivity contribution in [3.8, 4) is 10.8 Å². The van der Waals surface area contributed by atoms with Crippen molar-refractivity contribution < 1.29 is 0 Å². The highest BCUT2D eigenvalue weighted by Crippen LogP contribution is 2.46. The Morgan fingerprint density at radius 3 is 0.976 bits per heavy atom. The van der Waals surface area contributed by atoms with E-state index in [2.05, 4.69) is 191 Å². The largest absolute Gasteiger partial charge is 0.374 e. The minimum Gasteiger partial charge on any atom is -0.374 e. The van der Waals surface area contributed by atoms with E-state index in [0.29, 0.717) is 6.54 Å². The molecular weight excluding hydrogens is 574 g/mol. The molecule has 4 aromatic carbocycles. The lowest BCUT2D eigenvalue weighted by molar-refractivity contribution is 0.587. The van der Waals surface area contributed by atoms with E-state index < -0.39 is 5.41 Å². The first-order valence-corrected chi connectivity index (χ1v) is 15.7. The number of hydrogen-bond donors (Lipinski definition) is 1. The van der Waals surface area contributed by atoms with E-state index in [1.807, 2.05) is 0 Å². The summed E-state index contributed by atoms with van der Waals surface area (Å²) in [5, 5.41) is 3.41. The summed E-state index contributed by atoms with van der Waals surface area (Å²) in [7, 11) is 0. The molecule has 42 heavy (non-hydrogen) atoms. The monoisotopic (exact) mass is 619 g/mol. The molecule has 2 heteroatoms. The molecule has 0 bridgehead atoms. The van der Waals surface area contributed by atoms with Gasteiger partial charge in [-0.25, -0.2) is 0 Å². The fourth-order valence-electron chi connectivity index (χ4n) is 5.68. The Morgan fingerprint density at radius 1 is 0.452 bits per heavy atom. The quantitative estimate of drug-likeness (QED) is 0.167. The molecule has 0 spiro atoms. The van der Waals surface area contributed by atoms with Crippen LogP contribution in [0.3, 0.4) is 0 Å². The van der Waals surface area contributed by atoms with Crippen LogP contribution >= 0.6 is 15.9 Å². The minimum atomic E-state index is -0.503. The van der Waals surface area contributed by atoms with Crippen LogP contribution in [0, 0.1) is 10.8 Å². The maximum atomic E-state index is 3.41. The Hall–Kier alpha value is -3.28. The van der Waals surface area contributed by atoms with Crippen LogP contribution < -0.4 is 5.32 Å². The Labute approximate surface area is 263 Å². The molecule has 0 heterocycles. The predicted octanol–water partition coefficient (Wildman–Crippen LogP) is 10.7. The highest BCUT2D eigenvalue weighted by Gasteiger charge is 2.39. The van der Waals surface area contributed by atoms with Crippen molar-refractivity contribution in [3.05, 3.63) is 136 Å². The van der Waals surface area contributed by atoms with Gasteiger partial charge in [-0.1, -0.05) is 153 Å². The van der Waals surface area contributed by atoms with E-state index in [9.17, 15) is 0 Å². The summed E-state index contributed by atoms with van der Waals surface area (Å²) in [4.78, 5) is 2.78. The lowest BCUT2D eigenvalue weighted by Gasteiger charge is -2.38. The molecule has 1 nitrogen and oxygen atoms in total. The average Bonchev–Trinajstić information content (AvgIpc) is 2.94. The van der Waals surface area contributed by atoms with Gasteiger partial charge in [-0.15, -0.1) is 0 Å². The van der Waals surface area contributed by atoms with Gasteiger partial charge in [0.2, 0.25) is 0 Å². The van der Waals surface area contributed by atoms with Gasteiger partial charge < -0.3 is 5.32 Å². The molecule has 218 valence electrons. The van der Waals surface area contributed by atoms with Crippen LogP contribution in [0.15, 0.2) is 97.1 Å². The first-order valence-electron chi connectivity index (χ1n) is 14.9. The topological polar surface area (TPSA) is 12.0 Å². The number of anilines is 1. The van der Waals surface area contributed by atoms with E-state index in [0.717, 1.165) is 5.69 Å². The summed E-state index contributed by atoms with van der Waals surface area (Å²) in [5.74, 6) is 3.03.